The van der Waals surface area contributed by atoms with Crippen molar-refractivity contribution in [3.63, 3.8) is 0 Å². The summed E-state index contributed by atoms with van der Waals surface area (Å²) in [5, 5.41) is 0. The van der Waals surface area contributed by atoms with Crippen molar-refractivity contribution in [1.29, 1.82) is 0 Å². The number of halogens is 1. The number of hydrogen-bond donors (Lipinski definition) is 0. The van der Waals surface area contributed by atoms with Crippen LogP contribution in [-0.2, 0) is 5.41 Å². The van der Waals surface area contributed by atoms with E-state index in [0.717, 1.165) is 6.42 Å². The molecular weight excluding hydrogens is 320 g/mol. The molecule has 1 unspecified atom stereocenters. The van der Waals surface area contributed by atoms with Crippen molar-refractivity contribution in [2.45, 2.75) is 51.3 Å². The number of aryl methyl sites for hydroxylation is 2. The van der Waals surface area contributed by atoms with E-state index in [-0.39, 0.29) is 10.2 Å². The minimum Gasteiger partial charge on any atom is -0.0786 e. The quantitative estimate of drug-likeness (QED) is 0.557. The molecule has 2 aromatic rings. The maximum absolute atomic E-state index is 3.86. The first-order chi connectivity index (χ1) is 9.85. The van der Waals surface area contributed by atoms with Gasteiger partial charge in [-0.3, -0.25) is 0 Å². The molecule has 0 aliphatic heterocycles. The lowest BCUT2D eigenvalue weighted by Crippen LogP contribution is -2.15. The van der Waals surface area contributed by atoms with Crippen molar-refractivity contribution in [2.24, 2.45) is 0 Å². The lowest BCUT2D eigenvalue weighted by Gasteiger charge is -2.24. The van der Waals surface area contributed by atoms with E-state index in [1.165, 1.54) is 27.8 Å². The van der Waals surface area contributed by atoms with Crippen LogP contribution in [0.4, 0.5) is 0 Å². The summed E-state index contributed by atoms with van der Waals surface area (Å²) in [4.78, 5) is 0.261. The molecule has 0 saturated heterocycles. The van der Waals surface area contributed by atoms with E-state index in [1.54, 1.807) is 0 Å². The Morgan fingerprint density at radius 3 is 2.14 bits per heavy atom. The van der Waals surface area contributed by atoms with Crippen LogP contribution in [0.15, 0.2) is 42.5 Å². The van der Waals surface area contributed by atoms with Gasteiger partial charge in [-0.25, -0.2) is 0 Å². The van der Waals surface area contributed by atoms with Gasteiger partial charge in [0.05, 0.1) is 4.83 Å². The molecule has 0 radical (unpaired) electrons. The maximum Gasteiger partial charge on any atom is 0.0647 e. The molecule has 0 aliphatic rings. The Morgan fingerprint density at radius 1 is 1.00 bits per heavy atom. The van der Waals surface area contributed by atoms with Crippen molar-refractivity contribution in [3.8, 4) is 0 Å². The number of rotatable bonds is 4. The number of alkyl halides is 1. The second kappa shape index (κ2) is 6.36. The molecule has 0 heterocycles. The summed E-state index contributed by atoms with van der Waals surface area (Å²) in [6, 6.07) is 15.7. The average molecular weight is 345 g/mol. The highest BCUT2D eigenvalue weighted by Crippen LogP contribution is 2.35. The minimum absolute atomic E-state index is 0.250. The first kappa shape index (κ1) is 16.3. The smallest absolute Gasteiger partial charge is 0.0647 e. The predicted octanol–water partition coefficient (Wildman–Crippen LogP) is 6.48. The lowest BCUT2D eigenvalue weighted by molar-refractivity contribution is 0.506. The summed E-state index contributed by atoms with van der Waals surface area (Å²) in [7, 11) is 0. The van der Waals surface area contributed by atoms with E-state index >= 15 is 0 Å². The normalized spacial score (nSPS) is 13.2. The summed E-state index contributed by atoms with van der Waals surface area (Å²) in [6.07, 6.45) is 1.15. The molecule has 0 amide bonds. The van der Waals surface area contributed by atoms with Gasteiger partial charge in [0.1, 0.15) is 0 Å². The van der Waals surface area contributed by atoms with E-state index in [0.29, 0.717) is 0 Å². The molecule has 1 atom stereocenters. The molecule has 0 spiro atoms. The van der Waals surface area contributed by atoms with Crippen molar-refractivity contribution >= 4 is 15.9 Å². The highest BCUT2D eigenvalue weighted by atomic mass is 79.9. The Balaban J connectivity index is 2.30. The standard InChI is InChI=1S/C20H25Br/c1-6-20(4,5)17-10-8-16(9-11-17)19(21)18-12-7-14(2)13-15(18)3/h7-13,19H,6H2,1-5H3. The molecule has 2 rings (SSSR count). The van der Waals surface area contributed by atoms with Gasteiger partial charge in [0.15, 0.2) is 0 Å². The Morgan fingerprint density at radius 2 is 1.62 bits per heavy atom. The van der Waals surface area contributed by atoms with Crippen LogP contribution in [0.3, 0.4) is 0 Å². The van der Waals surface area contributed by atoms with Crippen LogP contribution in [0.5, 0.6) is 0 Å². The molecule has 1 heteroatoms. The van der Waals surface area contributed by atoms with E-state index in [4.69, 9.17) is 0 Å². The van der Waals surface area contributed by atoms with Crippen molar-refractivity contribution in [2.75, 3.05) is 0 Å². The number of hydrogen-bond acceptors (Lipinski definition) is 0. The van der Waals surface area contributed by atoms with Gasteiger partial charge in [-0.15, -0.1) is 0 Å². The second-order valence-electron chi connectivity index (χ2n) is 6.58. The van der Waals surface area contributed by atoms with Gasteiger partial charge in [0.2, 0.25) is 0 Å². The van der Waals surface area contributed by atoms with E-state index < -0.39 is 0 Å². The highest BCUT2D eigenvalue weighted by Gasteiger charge is 2.19. The van der Waals surface area contributed by atoms with Crippen LogP contribution < -0.4 is 0 Å². The third-order valence-corrected chi connectivity index (χ3v) is 5.59. The van der Waals surface area contributed by atoms with Crippen molar-refractivity contribution < 1.29 is 0 Å². The van der Waals surface area contributed by atoms with Crippen LogP contribution in [0.1, 0.15) is 59.8 Å². The van der Waals surface area contributed by atoms with Crippen molar-refractivity contribution in [3.05, 3.63) is 70.3 Å². The zero-order chi connectivity index (χ0) is 15.6. The van der Waals surface area contributed by atoms with Crippen LogP contribution in [0.25, 0.3) is 0 Å². The number of benzene rings is 2. The molecule has 0 bridgehead atoms. The topological polar surface area (TPSA) is 0 Å². The molecule has 112 valence electrons. The largest absolute Gasteiger partial charge is 0.0786 e. The summed E-state index contributed by atoms with van der Waals surface area (Å²) in [5.41, 5.74) is 6.99. The Hall–Kier alpha value is -1.08. The average Bonchev–Trinajstić information content (AvgIpc) is 2.47. The van der Waals surface area contributed by atoms with Gasteiger partial charge in [-0.05, 0) is 47.9 Å². The van der Waals surface area contributed by atoms with Crippen molar-refractivity contribution in [1.82, 2.24) is 0 Å². The molecule has 0 fully saturated rings. The van der Waals surface area contributed by atoms with Gasteiger partial charge in [0, 0.05) is 0 Å². The Bertz CT molecular complexity index is 608. The molecule has 0 aliphatic carbocycles. The van der Waals surface area contributed by atoms with E-state index in [9.17, 15) is 0 Å². The van der Waals surface area contributed by atoms with Gasteiger partial charge in [-0.2, -0.15) is 0 Å². The molecule has 0 aromatic heterocycles. The minimum atomic E-state index is 0.250. The summed E-state index contributed by atoms with van der Waals surface area (Å²) in [6.45, 7) is 11.2. The first-order valence-electron chi connectivity index (χ1n) is 7.67. The third kappa shape index (κ3) is 3.58. The van der Waals surface area contributed by atoms with E-state index in [2.05, 4.69) is 93.0 Å². The summed E-state index contributed by atoms with van der Waals surface area (Å²) in [5.74, 6) is 0. The Labute approximate surface area is 137 Å². The second-order valence-corrected chi connectivity index (χ2v) is 7.50. The zero-order valence-corrected chi connectivity index (χ0v) is 15.3. The van der Waals surface area contributed by atoms with Gasteiger partial charge in [0.25, 0.3) is 0 Å². The van der Waals surface area contributed by atoms with Crippen LogP contribution in [0, 0.1) is 13.8 Å². The predicted molar refractivity (Wildman–Crippen MR) is 96.4 cm³/mol. The van der Waals surface area contributed by atoms with E-state index in [1.807, 2.05) is 0 Å². The highest BCUT2D eigenvalue weighted by molar-refractivity contribution is 9.09. The molecule has 0 saturated carbocycles. The fourth-order valence-electron chi connectivity index (χ4n) is 2.60. The fourth-order valence-corrected chi connectivity index (χ4v) is 3.42. The molecule has 0 nitrogen and oxygen atoms in total. The molecule has 2 aromatic carbocycles. The van der Waals surface area contributed by atoms with Crippen LogP contribution in [0.2, 0.25) is 0 Å². The lowest BCUT2D eigenvalue weighted by atomic mass is 9.82. The molecule has 0 N–H and O–H groups in total. The van der Waals surface area contributed by atoms with Crippen LogP contribution >= 0.6 is 15.9 Å². The van der Waals surface area contributed by atoms with Gasteiger partial charge < -0.3 is 0 Å². The first-order valence-corrected chi connectivity index (χ1v) is 8.58. The maximum atomic E-state index is 3.86. The SMILES string of the molecule is CCC(C)(C)c1ccc(C(Br)c2ccc(C)cc2C)cc1. The summed E-state index contributed by atoms with van der Waals surface area (Å²) < 4.78 is 0. The third-order valence-electron chi connectivity index (χ3n) is 4.57. The summed E-state index contributed by atoms with van der Waals surface area (Å²) >= 11 is 3.86. The fraction of sp³-hybridized carbons (Fsp3) is 0.400. The zero-order valence-electron chi connectivity index (χ0n) is 13.7. The molecule has 21 heavy (non-hydrogen) atoms. The Kier molecular flexibility index (Phi) is 4.93. The molecular formula is C20H25Br. The van der Waals surface area contributed by atoms with Gasteiger partial charge >= 0.3 is 0 Å². The monoisotopic (exact) mass is 344 g/mol. The van der Waals surface area contributed by atoms with Crippen LogP contribution in [-0.4, -0.2) is 0 Å². The van der Waals surface area contributed by atoms with Gasteiger partial charge in [-0.1, -0.05) is 84.7 Å².